The normalized spacial score (nSPS) is 13.4. The van der Waals surface area contributed by atoms with Crippen LogP contribution >= 0.6 is 11.6 Å². The summed E-state index contributed by atoms with van der Waals surface area (Å²) >= 11 is 6.03. The van der Waals surface area contributed by atoms with Crippen LogP contribution in [-0.4, -0.2) is 22.7 Å². The van der Waals surface area contributed by atoms with Gasteiger partial charge in [-0.1, -0.05) is 24.9 Å². The molecule has 4 nitrogen and oxygen atoms in total. The highest BCUT2D eigenvalue weighted by Crippen LogP contribution is 2.47. The second-order valence-corrected chi connectivity index (χ2v) is 6.53. The average Bonchev–Trinajstić information content (AvgIpc) is 2.88. The zero-order valence-electron chi connectivity index (χ0n) is 14.1. The molecule has 0 bridgehead atoms. The maximum Gasteiger partial charge on any atom is 0.231 e. The van der Waals surface area contributed by atoms with E-state index in [9.17, 15) is 19.4 Å². The van der Waals surface area contributed by atoms with Crippen LogP contribution in [-0.2, 0) is 17.6 Å². The minimum absolute atomic E-state index is 0.00217. The molecule has 3 rings (SSSR count). The first-order valence-electron chi connectivity index (χ1n) is 8.25. The quantitative estimate of drug-likeness (QED) is 0.845. The lowest BCUT2D eigenvalue weighted by molar-refractivity contribution is -0.117. The van der Waals surface area contributed by atoms with Crippen LogP contribution in [0.5, 0.6) is 11.5 Å². The number of hydrogen-bond donors (Lipinski definition) is 2. The number of phenolic OH excluding ortho intramolecular Hbond substituents is 2. The lowest BCUT2D eigenvalue weighted by Gasteiger charge is -2.18. The third-order valence-electron chi connectivity index (χ3n) is 4.48. The smallest absolute Gasteiger partial charge is 0.231 e. The van der Waals surface area contributed by atoms with Crippen LogP contribution in [0.15, 0.2) is 18.2 Å². The van der Waals surface area contributed by atoms with Crippen molar-refractivity contribution in [2.75, 3.05) is 11.4 Å². The second-order valence-electron chi connectivity index (χ2n) is 6.12. The molecule has 2 N–H and O–H groups in total. The highest BCUT2D eigenvalue weighted by molar-refractivity contribution is 6.31. The predicted octanol–water partition coefficient (Wildman–Crippen LogP) is 4.42. The molecular weight excluding hydrogens is 345 g/mol. The van der Waals surface area contributed by atoms with Crippen molar-refractivity contribution in [3.63, 3.8) is 0 Å². The Morgan fingerprint density at radius 2 is 1.84 bits per heavy atom. The van der Waals surface area contributed by atoms with Gasteiger partial charge in [-0.25, -0.2) is 4.39 Å². The molecule has 0 radical (unpaired) electrons. The molecule has 0 aromatic heterocycles. The fraction of sp³-hybridized carbons (Fsp3) is 0.316. The van der Waals surface area contributed by atoms with E-state index >= 15 is 0 Å². The first-order valence-corrected chi connectivity index (χ1v) is 8.63. The summed E-state index contributed by atoms with van der Waals surface area (Å²) in [6, 6.07) is 4.52. The van der Waals surface area contributed by atoms with Gasteiger partial charge >= 0.3 is 0 Å². The number of fused-ring (bicyclic) bond motifs is 1. The van der Waals surface area contributed by atoms with Gasteiger partial charge in [0.25, 0.3) is 0 Å². The molecule has 0 saturated carbocycles. The number of amides is 1. The van der Waals surface area contributed by atoms with Crippen LogP contribution in [0.1, 0.15) is 31.4 Å². The molecule has 0 atom stereocenters. The first kappa shape index (κ1) is 17.5. The summed E-state index contributed by atoms with van der Waals surface area (Å²) in [6.07, 6.45) is 1.59. The van der Waals surface area contributed by atoms with Gasteiger partial charge in [0, 0.05) is 6.54 Å². The largest absolute Gasteiger partial charge is 0.507 e. The number of likely N-dealkylation sites (N-methyl/N-ethyl adjacent to an activating group) is 1. The van der Waals surface area contributed by atoms with Crippen LogP contribution < -0.4 is 4.90 Å². The number of benzene rings is 2. The molecule has 0 spiro atoms. The number of nitrogens with zero attached hydrogens (tertiary/aromatic N) is 1. The average molecular weight is 364 g/mol. The van der Waals surface area contributed by atoms with E-state index in [1.165, 1.54) is 11.0 Å². The minimum Gasteiger partial charge on any atom is -0.507 e. The van der Waals surface area contributed by atoms with Crippen molar-refractivity contribution in [3.05, 3.63) is 40.2 Å². The summed E-state index contributed by atoms with van der Waals surface area (Å²) in [5.74, 6) is -1.12. The van der Waals surface area contributed by atoms with Gasteiger partial charge in [0.15, 0.2) is 5.82 Å². The number of anilines is 1. The maximum atomic E-state index is 14.5. The van der Waals surface area contributed by atoms with Crippen LogP contribution in [0.25, 0.3) is 11.1 Å². The van der Waals surface area contributed by atoms with Gasteiger partial charge in [-0.2, -0.15) is 0 Å². The minimum atomic E-state index is -0.658. The first-order chi connectivity index (χ1) is 11.9. The van der Waals surface area contributed by atoms with E-state index in [2.05, 4.69) is 0 Å². The number of phenols is 2. The number of halogens is 2. The summed E-state index contributed by atoms with van der Waals surface area (Å²) < 4.78 is 14.5. The number of rotatable bonds is 4. The van der Waals surface area contributed by atoms with Gasteiger partial charge in [0.2, 0.25) is 5.91 Å². The van der Waals surface area contributed by atoms with Crippen molar-refractivity contribution in [1.29, 1.82) is 0 Å². The molecule has 25 heavy (non-hydrogen) atoms. The molecule has 1 amide bonds. The van der Waals surface area contributed by atoms with E-state index in [4.69, 9.17) is 11.6 Å². The van der Waals surface area contributed by atoms with Crippen LogP contribution in [0.4, 0.5) is 10.1 Å². The summed E-state index contributed by atoms with van der Waals surface area (Å²) in [5.41, 5.74) is 1.92. The molecule has 2 aromatic carbocycles. The maximum absolute atomic E-state index is 14.5. The lowest BCUT2D eigenvalue weighted by Crippen LogP contribution is -2.26. The van der Waals surface area contributed by atoms with Crippen LogP contribution in [0.2, 0.25) is 5.02 Å². The van der Waals surface area contributed by atoms with Crippen molar-refractivity contribution in [1.82, 2.24) is 0 Å². The molecule has 6 heteroatoms. The van der Waals surface area contributed by atoms with E-state index in [-0.39, 0.29) is 40.1 Å². The van der Waals surface area contributed by atoms with Crippen molar-refractivity contribution >= 4 is 23.2 Å². The van der Waals surface area contributed by atoms with Gasteiger partial charge in [0.05, 0.1) is 22.7 Å². The molecule has 0 unspecified atom stereocenters. The predicted molar refractivity (Wildman–Crippen MR) is 95.9 cm³/mol. The van der Waals surface area contributed by atoms with Gasteiger partial charge in [-0.15, -0.1) is 0 Å². The molecule has 132 valence electrons. The Labute approximate surface area is 150 Å². The molecule has 1 heterocycles. The summed E-state index contributed by atoms with van der Waals surface area (Å²) in [4.78, 5) is 13.5. The number of aryl methyl sites for hydroxylation is 1. The number of carbonyl (C=O) groups is 1. The lowest BCUT2D eigenvalue weighted by atomic mass is 9.94. The highest BCUT2D eigenvalue weighted by Gasteiger charge is 2.34. The van der Waals surface area contributed by atoms with Crippen molar-refractivity contribution in [2.24, 2.45) is 0 Å². The zero-order valence-corrected chi connectivity index (χ0v) is 14.8. The fourth-order valence-electron chi connectivity index (χ4n) is 3.42. The second kappa shape index (κ2) is 6.56. The Morgan fingerprint density at radius 3 is 2.40 bits per heavy atom. The Kier molecular flexibility index (Phi) is 4.60. The van der Waals surface area contributed by atoms with Crippen LogP contribution in [0, 0.1) is 5.82 Å². The van der Waals surface area contributed by atoms with Gasteiger partial charge < -0.3 is 15.1 Å². The van der Waals surface area contributed by atoms with Crippen molar-refractivity contribution < 1.29 is 19.4 Å². The Morgan fingerprint density at radius 1 is 1.20 bits per heavy atom. The zero-order chi connectivity index (χ0) is 18.3. The molecule has 0 saturated heterocycles. The number of carbonyl (C=O) groups excluding carboxylic acids is 1. The van der Waals surface area contributed by atoms with Gasteiger partial charge in [-0.05, 0) is 48.2 Å². The Balaban J connectivity index is 2.26. The molecule has 1 aliphatic rings. The monoisotopic (exact) mass is 363 g/mol. The SMILES string of the molecule is CCCc1cc(O)c(-c2cc(Cl)c(F)c3c2CC(=O)N3CC)c(O)c1. The molecule has 0 fully saturated rings. The van der Waals surface area contributed by atoms with E-state index < -0.39 is 5.82 Å². The Hall–Kier alpha value is -2.27. The number of hydrogen-bond acceptors (Lipinski definition) is 3. The van der Waals surface area contributed by atoms with Crippen molar-refractivity contribution in [2.45, 2.75) is 33.1 Å². The topological polar surface area (TPSA) is 60.8 Å². The summed E-state index contributed by atoms with van der Waals surface area (Å²) in [5, 5.41) is 20.7. The van der Waals surface area contributed by atoms with Gasteiger partial charge in [0.1, 0.15) is 11.5 Å². The van der Waals surface area contributed by atoms with Gasteiger partial charge in [-0.3, -0.25) is 4.79 Å². The molecule has 1 aliphatic heterocycles. The van der Waals surface area contributed by atoms with Crippen LogP contribution in [0.3, 0.4) is 0 Å². The third kappa shape index (κ3) is 2.82. The summed E-state index contributed by atoms with van der Waals surface area (Å²) in [7, 11) is 0. The molecular formula is C19H19ClFNO3. The van der Waals surface area contributed by atoms with E-state index in [0.29, 0.717) is 24.1 Å². The van der Waals surface area contributed by atoms with E-state index in [1.54, 1.807) is 19.1 Å². The number of aromatic hydroxyl groups is 2. The Bertz CT molecular complexity index is 843. The standard InChI is InChI=1S/C19H19ClFNO3/c1-3-5-10-6-14(23)17(15(24)7-10)11-8-13(20)18(21)19-12(11)9-16(25)22(19)4-2/h6-8,23-24H,3-5,9H2,1-2H3. The van der Waals surface area contributed by atoms with E-state index in [0.717, 1.165) is 12.0 Å². The molecule has 0 aliphatic carbocycles. The summed E-state index contributed by atoms with van der Waals surface area (Å²) in [6.45, 7) is 4.07. The fourth-order valence-corrected chi connectivity index (χ4v) is 3.62. The molecule has 2 aromatic rings. The highest BCUT2D eigenvalue weighted by atomic mass is 35.5. The van der Waals surface area contributed by atoms with E-state index in [1.807, 2.05) is 6.92 Å². The van der Waals surface area contributed by atoms with Crippen molar-refractivity contribution in [3.8, 4) is 22.6 Å². The third-order valence-corrected chi connectivity index (χ3v) is 4.75.